The summed E-state index contributed by atoms with van der Waals surface area (Å²) in [6.07, 6.45) is 3.63. The lowest BCUT2D eigenvalue weighted by molar-refractivity contribution is 0.158. The Labute approximate surface area is 124 Å². The van der Waals surface area contributed by atoms with Crippen LogP contribution in [0.15, 0.2) is 30.3 Å². The Bertz CT molecular complexity index is 550. The topological polar surface area (TPSA) is 72.9 Å². The second-order valence-electron chi connectivity index (χ2n) is 5.66. The zero-order chi connectivity index (χ0) is 14.5. The Morgan fingerprint density at radius 2 is 2.10 bits per heavy atom. The molecule has 1 fully saturated rings. The smallest absolute Gasteiger partial charge is 0.170 e. The van der Waals surface area contributed by atoms with Gasteiger partial charge in [-0.25, -0.2) is 0 Å². The predicted octanol–water partition coefficient (Wildman–Crippen LogP) is 1.22. The van der Waals surface area contributed by atoms with E-state index in [2.05, 4.69) is 20.4 Å². The highest BCUT2D eigenvalue weighted by molar-refractivity contribution is 5.30. The van der Waals surface area contributed by atoms with Gasteiger partial charge in [-0.15, -0.1) is 5.10 Å². The molecule has 3 rings (SSSR count). The van der Waals surface area contributed by atoms with Crippen molar-refractivity contribution in [2.75, 3.05) is 19.6 Å². The monoisotopic (exact) mass is 286 g/mol. The van der Waals surface area contributed by atoms with Crippen molar-refractivity contribution in [3.63, 3.8) is 0 Å². The molecule has 2 heterocycles. The number of aromatic nitrogens is 4. The first-order chi connectivity index (χ1) is 10.4. The fraction of sp³-hybridized carbons (Fsp3) is 0.533. The van der Waals surface area contributed by atoms with Gasteiger partial charge in [-0.05, 0) is 60.8 Å². The number of hydrogen-bond acceptors (Lipinski definition) is 5. The van der Waals surface area contributed by atoms with Gasteiger partial charge in [-0.1, -0.05) is 18.2 Å². The molecule has 6 heteroatoms. The number of tetrazole rings is 1. The van der Waals surface area contributed by atoms with Gasteiger partial charge < -0.3 is 5.73 Å². The molecule has 2 aromatic rings. The van der Waals surface area contributed by atoms with Crippen molar-refractivity contribution in [3.05, 3.63) is 36.2 Å². The minimum absolute atomic E-state index is 0.713. The number of benzene rings is 1. The zero-order valence-electron chi connectivity index (χ0n) is 12.2. The number of piperidine rings is 1. The molecule has 0 spiro atoms. The van der Waals surface area contributed by atoms with Crippen LogP contribution in [0.4, 0.5) is 0 Å². The van der Waals surface area contributed by atoms with Gasteiger partial charge in [-0.3, -0.25) is 4.90 Å². The van der Waals surface area contributed by atoms with E-state index in [1.165, 1.54) is 12.8 Å². The summed E-state index contributed by atoms with van der Waals surface area (Å²) in [4.78, 5) is 2.44. The predicted molar refractivity (Wildman–Crippen MR) is 80.8 cm³/mol. The number of likely N-dealkylation sites (tertiary alicyclic amines) is 1. The van der Waals surface area contributed by atoms with Crippen LogP contribution >= 0.6 is 0 Å². The van der Waals surface area contributed by atoms with E-state index in [-0.39, 0.29) is 0 Å². The normalized spacial score (nSPS) is 19.8. The molecule has 21 heavy (non-hydrogen) atoms. The van der Waals surface area contributed by atoms with Crippen molar-refractivity contribution in [2.24, 2.45) is 11.7 Å². The van der Waals surface area contributed by atoms with Gasteiger partial charge in [0.05, 0.1) is 12.2 Å². The average Bonchev–Trinajstić information content (AvgIpc) is 2.97. The van der Waals surface area contributed by atoms with Gasteiger partial charge in [0.15, 0.2) is 5.82 Å². The molecule has 0 bridgehead atoms. The quantitative estimate of drug-likeness (QED) is 0.895. The highest BCUT2D eigenvalue weighted by Crippen LogP contribution is 2.20. The summed E-state index contributed by atoms with van der Waals surface area (Å²) < 4.78 is 1.83. The lowest BCUT2D eigenvalue weighted by Gasteiger charge is -2.32. The summed E-state index contributed by atoms with van der Waals surface area (Å²) >= 11 is 0. The van der Waals surface area contributed by atoms with Crippen LogP contribution < -0.4 is 5.73 Å². The molecule has 0 aliphatic carbocycles. The van der Waals surface area contributed by atoms with E-state index < -0.39 is 0 Å². The largest absolute Gasteiger partial charge is 0.330 e. The molecule has 0 saturated carbocycles. The van der Waals surface area contributed by atoms with Crippen LogP contribution in [0, 0.1) is 5.92 Å². The fourth-order valence-corrected chi connectivity index (χ4v) is 3.04. The van der Waals surface area contributed by atoms with Crippen molar-refractivity contribution < 1.29 is 0 Å². The Balaban J connectivity index is 1.70. The molecule has 0 radical (unpaired) electrons. The lowest BCUT2D eigenvalue weighted by atomic mass is 9.95. The van der Waals surface area contributed by atoms with E-state index in [9.17, 15) is 0 Å². The van der Waals surface area contributed by atoms with Crippen molar-refractivity contribution >= 4 is 0 Å². The second kappa shape index (κ2) is 6.78. The number of hydrogen-bond donors (Lipinski definition) is 1. The fourth-order valence-electron chi connectivity index (χ4n) is 3.04. The summed E-state index contributed by atoms with van der Waals surface area (Å²) in [5, 5.41) is 12.1. The molecule has 1 unspecified atom stereocenters. The van der Waals surface area contributed by atoms with E-state index in [1.54, 1.807) is 0 Å². The number of nitrogens with two attached hydrogens (primary N) is 1. The van der Waals surface area contributed by atoms with Crippen molar-refractivity contribution in [3.8, 4) is 5.69 Å². The van der Waals surface area contributed by atoms with Gasteiger partial charge in [0.2, 0.25) is 0 Å². The highest BCUT2D eigenvalue weighted by Gasteiger charge is 2.21. The van der Waals surface area contributed by atoms with Crippen LogP contribution in [0.25, 0.3) is 5.69 Å². The maximum Gasteiger partial charge on any atom is 0.170 e. The molecule has 1 aliphatic heterocycles. The van der Waals surface area contributed by atoms with Crippen molar-refractivity contribution in [1.29, 1.82) is 0 Å². The molecule has 1 atom stereocenters. The standard InChI is InChI=1S/C15H22N6/c16-9-8-13-5-4-10-20(11-13)12-15-17-18-19-21(15)14-6-2-1-3-7-14/h1-3,6-7,13H,4-5,8-12,16H2. The van der Waals surface area contributed by atoms with Gasteiger partial charge in [0, 0.05) is 6.54 Å². The van der Waals surface area contributed by atoms with Crippen molar-refractivity contribution in [2.45, 2.75) is 25.8 Å². The maximum atomic E-state index is 5.69. The first-order valence-electron chi connectivity index (χ1n) is 7.62. The molecule has 0 amide bonds. The molecule has 1 aliphatic rings. The van der Waals surface area contributed by atoms with E-state index in [1.807, 2.05) is 35.0 Å². The third-order valence-corrected chi connectivity index (χ3v) is 4.08. The van der Waals surface area contributed by atoms with E-state index in [0.717, 1.165) is 44.1 Å². The lowest BCUT2D eigenvalue weighted by Crippen LogP contribution is -2.36. The average molecular weight is 286 g/mol. The summed E-state index contributed by atoms with van der Waals surface area (Å²) in [7, 11) is 0. The van der Waals surface area contributed by atoms with Crippen LogP contribution in [0.1, 0.15) is 25.1 Å². The van der Waals surface area contributed by atoms with Gasteiger partial charge >= 0.3 is 0 Å². The first kappa shape index (κ1) is 14.2. The third kappa shape index (κ3) is 3.46. The second-order valence-corrected chi connectivity index (χ2v) is 5.66. The minimum Gasteiger partial charge on any atom is -0.330 e. The first-order valence-corrected chi connectivity index (χ1v) is 7.62. The van der Waals surface area contributed by atoms with Gasteiger partial charge in [-0.2, -0.15) is 4.68 Å². The van der Waals surface area contributed by atoms with Crippen LogP contribution in [0.3, 0.4) is 0 Å². The Kier molecular flexibility index (Phi) is 4.57. The van der Waals surface area contributed by atoms with Gasteiger partial charge in [0.1, 0.15) is 0 Å². The summed E-state index contributed by atoms with van der Waals surface area (Å²) in [6.45, 7) is 3.78. The molecule has 1 aromatic heterocycles. The summed E-state index contributed by atoms with van der Waals surface area (Å²) in [6, 6.07) is 10.0. The Morgan fingerprint density at radius 1 is 1.24 bits per heavy atom. The van der Waals surface area contributed by atoms with E-state index in [0.29, 0.717) is 5.92 Å². The Morgan fingerprint density at radius 3 is 2.90 bits per heavy atom. The number of rotatable bonds is 5. The molecular formula is C15H22N6. The summed E-state index contributed by atoms with van der Waals surface area (Å²) in [5.74, 6) is 1.61. The minimum atomic E-state index is 0.713. The highest BCUT2D eigenvalue weighted by atomic mass is 15.5. The van der Waals surface area contributed by atoms with Crippen LogP contribution in [-0.4, -0.2) is 44.7 Å². The van der Waals surface area contributed by atoms with Crippen LogP contribution in [0.5, 0.6) is 0 Å². The molecule has 6 nitrogen and oxygen atoms in total. The molecule has 1 saturated heterocycles. The molecule has 112 valence electrons. The zero-order valence-corrected chi connectivity index (χ0v) is 12.2. The molecule has 1 aromatic carbocycles. The number of nitrogens with zero attached hydrogens (tertiary/aromatic N) is 5. The third-order valence-electron chi connectivity index (χ3n) is 4.08. The van der Waals surface area contributed by atoms with E-state index in [4.69, 9.17) is 5.73 Å². The van der Waals surface area contributed by atoms with E-state index >= 15 is 0 Å². The summed E-state index contributed by atoms with van der Waals surface area (Å²) in [5.41, 5.74) is 6.69. The molecular weight excluding hydrogens is 264 g/mol. The van der Waals surface area contributed by atoms with Crippen LogP contribution in [0.2, 0.25) is 0 Å². The number of para-hydroxylation sites is 1. The van der Waals surface area contributed by atoms with Gasteiger partial charge in [0.25, 0.3) is 0 Å². The van der Waals surface area contributed by atoms with Crippen LogP contribution in [-0.2, 0) is 6.54 Å². The Hall–Kier alpha value is -1.79. The maximum absolute atomic E-state index is 5.69. The SMILES string of the molecule is NCCC1CCCN(Cc2nnnn2-c2ccccc2)C1. The van der Waals surface area contributed by atoms with Crippen molar-refractivity contribution in [1.82, 2.24) is 25.1 Å². The molecule has 2 N–H and O–H groups in total.